The number of benzene rings is 1. The van der Waals surface area contributed by atoms with E-state index in [1.807, 2.05) is 17.5 Å². The first-order valence-corrected chi connectivity index (χ1v) is 11.2. The van der Waals surface area contributed by atoms with Crippen LogP contribution in [0.15, 0.2) is 46.9 Å². The molecular formula is C20H22N4O3S2. The van der Waals surface area contributed by atoms with Crippen LogP contribution in [0.5, 0.6) is 0 Å². The molecule has 0 saturated carbocycles. The van der Waals surface area contributed by atoms with Crippen LogP contribution in [0, 0.1) is 0 Å². The molecule has 0 saturated heterocycles. The molecule has 1 amide bonds. The third kappa shape index (κ3) is 5.45. The number of nitrogens with one attached hydrogen (secondary N) is 1. The molecule has 1 aromatic carbocycles. The Kier molecular flexibility index (Phi) is 7.42. The van der Waals surface area contributed by atoms with E-state index < -0.39 is 0 Å². The number of nitrogens with zero attached hydrogens (tertiary/aromatic N) is 3. The van der Waals surface area contributed by atoms with E-state index in [1.165, 1.54) is 11.8 Å². The second kappa shape index (κ2) is 10.2. The van der Waals surface area contributed by atoms with Gasteiger partial charge in [0, 0.05) is 12.2 Å². The van der Waals surface area contributed by atoms with Crippen LogP contribution < -0.4 is 5.32 Å². The topological polar surface area (TPSA) is 86.1 Å². The van der Waals surface area contributed by atoms with Gasteiger partial charge in [0.15, 0.2) is 11.0 Å². The summed E-state index contributed by atoms with van der Waals surface area (Å²) in [5, 5.41) is 14.1. The number of ether oxygens (including phenoxy) is 1. The molecule has 0 aliphatic carbocycles. The largest absolute Gasteiger partial charge is 0.462 e. The zero-order valence-corrected chi connectivity index (χ0v) is 17.9. The molecule has 29 heavy (non-hydrogen) atoms. The Morgan fingerprint density at radius 3 is 2.62 bits per heavy atom. The van der Waals surface area contributed by atoms with Gasteiger partial charge in [-0.1, -0.05) is 24.8 Å². The zero-order valence-electron chi connectivity index (χ0n) is 16.3. The second-order valence-electron chi connectivity index (χ2n) is 6.07. The Labute approximate surface area is 177 Å². The van der Waals surface area contributed by atoms with Crippen LogP contribution in [0.3, 0.4) is 0 Å². The van der Waals surface area contributed by atoms with E-state index in [2.05, 4.69) is 27.0 Å². The van der Waals surface area contributed by atoms with Gasteiger partial charge in [-0.25, -0.2) is 4.79 Å². The SMILES string of the molecule is CCCn1c(SCC(=O)Nc2ccc(C(=O)OCC)cc2)nnc1-c1cccs1. The van der Waals surface area contributed by atoms with Crippen LogP contribution in [0.4, 0.5) is 5.69 Å². The Morgan fingerprint density at radius 1 is 1.17 bits per heavy atom. The van der Waals surface area contributed by atoms with Crippen molar-refractivity contribution in [2.75, 3.05) is 17.7 Å². The lowest BCUT2D eigenvalue weighted by atomic mass is 10.2. The lowest BCUT2D eigenvalue weighted by Crippen LogP contribution is -2.15. The van der Waals surface area contributed by atoms with Gasteiger partial charge in [0.05, 0.1) is 22.8 Å². The summed E-state index contributed by atoms with van der Waals surface area (Å²) in [6.07, 6.45) is 0.947. The highest BCUT2D eigenvalue weighted by Crippen LogP contribution is 2.27. The summed E-state index contributed by atoms with van der Waals surface area (Å²) >= 11 is 2.97. The van der Waals surface area contributed by atoms with Crippen molar-refractivity contribution in [1.29, 1.82) is 0 Å². The monoisotopic (exact) mass is 430 g/mol. The fourth-order valence-electron chi connectivity index (χ4n) is 2.64. The average Bonchev–Trinajstić information content (AvgIpc) is 3.37. The van der Waals surface area contributed by atoms with Crippen molar-refractivity contribution in [1.82, 2.24) is 14.8 Å². The van der Waals surface area contributed by atoms with Crippen LogP contribution in [-0.2, 0) is 16.1 Å². The van der Waals surface area contributed by atoms with E-state index in [0.29, 0.717) is 17.9 Å². The molecule has 2 heterocycles. The summed E-state index contributed by atoms with van der Waals surface area (Å²) in [7, 11) is 0. The summed E-state index contributed by atoms with van der Waals surface area (Å²) in [6.45, 7) is 4.97. The van der Waals surface area contributed by atoms with Crippen molar-refractivity contribution in [3.8, 4) is 10.7 Å². The quantitative estimate of drug-likeness (QED) is 0.402. The molecule has 0 aliphatic heterocycles. The summed E-state index contributed by atoms with van der Waals surface area (Å²) in [5.74, 6) is 0.519. The predicted octanol–water partition coefficient (Wildman–Crippen LogP) is 4.32. The molecule has 0 aliphatic rings. The number of esters is 1. The van der Waals surface area contributed by atoms with Crippen LogP contribution in [0.25, 0.3) is 10.7 Å². The number of rotatable bonds is 9. The molecule has 0 radical (unpaired) electrons. The maximum Gasteiger partial charge on any atom is 0.338 e. The molecule has 0 unspecified atom stereocenters. The van der Waals surface area contributed by atoms with Crippen molar-refractivity contribution in [2.45, 2.75) is 32.0 Å². The van der Waals surface area contributed by atoms with Gasteiger partial charge >= 0.3 is 5.97 Å². The van der Waals surface area contributed by atoms with Gasteiger partial charge in [0.25, 0.3) is 0 Å². The molecule has 7 nitrogen and oxygen atoms in total. The number of hydrogen-bond donors (Lipinski definition) is 1. The van der Waals surface area contributed by atoms with Gasteiger partial charge < -0.3 is 14.6 Å². The summed E-state index contributed by atoms with van der Waals surface area (Å²) in [5.41, 5.74) is 1.07. The van der Waals surface area contributed by atoms with Gasteiger partial charge in [-0.2, -0.15) is 0 Å². The number of carbonyl (C=O) groups is 2. The number of anilines is 1. The average molecular weight is 431 g/mol. The third-order valence-electron chi connectivity index (χ3n) is 3.92. The van der Waals surface area contributed by atoms with Gasteiger partial charge in [-0.05, 0) is 49.1 Å². The summed E-state index contributed by atoms with van der Waals surface area (Å²) < 4.78 is 7.01. The second-order valence-corrected chi connectivity index (χ2v) is 7.96. The molecule has 2 aromatic heterocycles. The van der Waals surface area contributed by atoms with Crippen LogP contribution >= 0.6 is 23.1 Å². The van der Waals surface area contributed by atoms with Gasteiger partial charge in [-0.3, -0.25) is 4.79 Å². The molecule has 3 aromatic rings. The lowest BCUT2D eigenvalue weighted by Gasteiger charge is -2.08. The van der Waals surface area contributed by atoms with Crippen molar-refractivity contribution in [2.24, 2.45) is 0 Å². The Hall–Kier alpha value is -2.65. The Bertz CT molecular complexity index is 953. The standard InChI is InChI=1S/C20H22N4O3S2/c1-3-11-24-18(16-6-5-12-28-16)22-23-20(24)29-13-17(25)21-15-9-7-14(8-10-15)19(26)27-4-2/h5-10,12H,3-4,11,13H2,1-2H3,(H,21,25). The smallest absolute Gasteiger partial charge is 0.338 e. The molecule has 1 N–H and O–H groups in total. The molecule has 0 bridgehead atoms. The molecule has 9 heteroatoms. The van der Waals surface area contributed by atoms with E-state index in [0.717, 1.165) is 28.8 Å². The Balaban J connectivity index is 1.60. The molecule has 3 rings (SSSR count). The van der Waals surface area contributed by atoms with Crippen LogP contribution in [0.1, 0.15) is 30.6 Å². The number of hydrogen-bond acceptors (Lipinski definition) is 7. The van der Waals surface area contributed by atoms with E-state index >= 15 is 0 Å². The minimum Gasteiger partial charge on any atom is -0.462 e. The van der Waals surface area contributed by atoms with Gasteiger partial charge in [-0.15, -0.1) is 21.5 Å². The number of thioether (sulfide) groups is 1. The first kappa shape index (κ1) is 21.1. The third-order valence-corrected chi connectivity index (χ3v) is 5.75. The number of thiophene rings is 1. The van der Waals surface area contributed by atoms with E-state index in [4.69, 9.17) is 4.74 Å². The van der Waals surface area contributed by atoms with Crippen LogP contribution in [0.2, 0.25) is 0 Å². The maximum absolute atomic E-state index is 12.3. The molecule has 0 atom stereocenters. The van der Waals surface area contributed by atoms with E-state index in [-0.39, 0.29) is 17.6 Å². The van der Waals surface area contributed by atoms with Crippen LogP contribution in [-0.4, -0.2) is 39.0 Å². The minimum atomic E-state index is -0.377. The highest BCUT2D eigenvalue weighted by atomic mass is 32.2. The van der Waals surface area contributed by atoms with Crippen molar-refractivity contribution < 1.29 is 14.3 Å². The number of carbonyl (C=O) groups excluding carboxylic acids is 2. The van der Waals surface area contributed by atoms with Crippen molar-refractivity contribution in [3.63, 3.8) is 0 Å². The molecule has 0 fully saturated rings. The first-order chi connectivity index (χ1) is 14.1. The summed E-state index contributed by atoms with van der Waals surface area (Å²) in [4.78, 5) is 25.1. The molecule has 152 valence electrons. The van der Waals surface area contributed by atoms with Crippen molar-refractivity contribution >= 4 is 40.7 Å². The molecular weight excluding hydrogens is 408 g/mol. The number of amides is 1. The van der Waals surface area contributed by atoms with Gasteiger partial charge in [0.2, 0.25) is 5.91 Å². The van der Waals surface area contributed by atoms with E-state index in [1.54, 1.807) is 42.5 Å². The maximum atomic E-state index is 12.3. The Morgan fingerprint density at radius 2 is 1.97 bits per heavy atom. The first-order valence-electron chi connectivity index (χ1n) is 9.29. The number of aromatic nitrogens is 3. The zero-order chi connectivity index (χ0) is 20.6. The van der Waals surface area contributed by atoms with Crippen molar-refractivity contribution in [3.05, 3.63) is 47.3 Å². The fraction of sp³-hybridized carbons (Fsp3) is 0.300. The van der Waals surface area contributed by atoms with E-state index in [9.17, 15) is 9.59 Å². The minimum absolute atomic E-state index is 0.150. The highest BCUT2D eigenvalue weighted by Gasteiger charge is 2.16. The van der Waals surface area contributed by atoms with Gasteiger partial charge in [0.1, 0.15) is 0 Å². The molecule has 0 spiro atoms. The lowest BCUT2D eigenvalue weighted by molar-refractivity contribution is -0.113. The fourth-order valence-corrected chi connectivity index (χ4v) is 4.12. The summed E-state index contributed by atoms with van der Waals surface area (Å²) in [6, 6.07) is 10.6. The normalized spacial score (nSPS) is 10.7. The highest BCUT2D eigenvalue weighted by molar-refractivity contribution is 7.99. The predicted molar refractivity (Wildman–Crippen MR) is 115 cm³/mol.